The smallest absolute Gasteiger partial charge is 0.411 e. The van der Waals surface area contributed by atoms with Crippen LogP contribution in [0.4, 0.5) is 4.79 Å². The van der Waals surface area contributed by atoms with E-state index in [9.17, 15) is 18.0 Å². The van der Waals surface area contributed by atoms with Gasteiger partial charge in [0.2, 0.25) is 0 Å². The lowest BCUT2D eigenvalue weighted by molar-refractivity contribution is -0.174. The third-order valence-corrected chi connectivity index (χ3v) is 10.2. The van der Waals surface area contributed by atoms with Gasteiger partial charge in [-0.05, 0) is 39.6 Å². The Hall–Kier alpha value is -4.99. The predicted octanol–water partition coefficient (Wildman–Crippen LogP) is 6.48. The maximum atomic E-state index is 14.4. The van der Waals surface area contributed by atoms with Crippen LogP contribution < -0.4 is 0 Å². The summed E-state index contributed by atoms with van der Waals surface area (Å²) in [7, 11) is -4.24. The number of benzene rings is 5. The van der Waals surface area contributed by atoms with Gasteiger partial charge in [-0.2, -0.15) is 8.42 Å². The van der Waals surface area contributed by atoms with E-state index in [1.165, 1.54) is 11.0 Å². The number of hydrogen-bond donors (Lipinski definition) is 0. The summed E-state index contributed by atoms with van der Waals surface area (Å²) in [5, 5.41) is 1.66. The van der Waals surface area contributed by atoms with E-state index in [0.29, 0.717) is 6.54 Å². The molecule has 0 bridgehead atoms. The fraction of sp³-hybridized carbons (Fsp3) is 0.189. The lowest BCUT2D eigenvalue weighted by atomic mass is 9.72. The first kappa shape index (κ1) is 29.7. The molecule has 2 fully saturated rings. The van der Waals surface area contributed by atoms with Gasteiger partial charge >= 0.3 is 6.09 Å². The predicted molar refractivity (Wildman–Crippen MR) is 173 cm³/mol. The highest BCUT2D eigenvalue weighted by atomic mass is 32.2. The van der Waals surface area contributed by atoms with Gasteiger partial charge < -0.3 is 9.64 Å². The van der Waals surface area contributed by atoms with E-state index >= 15 is 0 Å². The molecule has 8 nitrogen and oxygen atoms in total. The molecule has 2 aliphatic heterocycles. The number of carbonyl (C=O) groups excluding carboxylic acids is 2. The average molecular weight is 633 g/mol. The van der Waals surface area contributed by atoms with Crippen LogP contribution in [0.3, 0.4) is 0 Å². The Morgan fingerprint density at radius 1 is 0.761 bits per heavy atom. The molecule has 9 heteroatoms. The van der Waals surface area contributed by atoms with Crippen LogP contribution in [0, 0.1) is 0 Å². The van der Waals surface area contributed by atoms with Crippen LogP contribution in [0.15, 0.2) is 138 Å². The highest BCUT2D eigenvalue weighted by Gasteiger charge is 2.69. The van der Waals surface area contributed by atoms with Crippen molar-refractivity contribution in [2.45, 2.75) is 42.2 Å². The van der Waals surface area contributed by atoms with E-state index in [0.717, 1.165) is 27.5 Å². The molecule has 0 saturated carbocycles. The second-order valence-electron chi connectivity index (χ2n) is 11.7. The highest BCUT2D eigenvalue weighted by Crippen LogP contribution is 2.54. The molecule has 0 aliphatic carbocycles. The van der Waals surface area contributed by atoms with Gasteiger partial charge in [-0.25, -0.2) is 4.79 Å². The van der Waals surface area contributed by atoms with Crippen LogP contribution in [0.25, 0.3) is 10.8 Å². The third kappa shape index (κ3) is 5.42. The number of hydrogen-bond acceptors (Lipinski definition) is 6. The Labute approximate surface area is 267 Å². The quantitative estimate of drug-likeness (QED) is 0.144. The lowest BCUT2D eigenvalue weighted by Gasteiger charge is -2.57. The summed E-state index contributed by atoms with van der Waals surface area (Å²) >= 11 is 0. The van der Waals surface area contributed by atoms with Crippen molar-refractivity contribution in [3.63, 3.8) is 0 Å². The van der Waals surface area contributed by atoms with Gasteiger partial charge in [0.1, 0.15) is 6.61 Å². The first-order chi connectivity index (χ1) is 22.3. The highest BCUT2D eigenvalue weighted by molar-refractivity contribution is 7.86. The van der Waals surface area contributed by atoms with Crippen molar-refractivity contribution >= 4 is 32.9 Å². The number of β-lactam (4-membered cyclic amide) rings is 1. The number of ether oxygens (including phenoxy) is 1. The molecule has 1 spiro atoms. The summed E-state index contributed by atoms with van der Waals surface area (Å²) in [6.07, 6.45) is -1.69. The number of likely N-dealkylation sites (tertiary alicyclic amines) is 2. The minimum Gasteiger partial charge on any atom is -0.445 e. The minimum absolute atomic E-state index is 0.00505. The summed E-state index contributed by atoms with van der Waals surface area (Å²) in [5.74, 6) is -0.281. The van der Waals surface area contributed by atoms with Gasteiger partial charge in [0.15, 0.2) is 5.54 Å². The first-order valence-electron chi connectivity index (χ1n) is 15.2. The molecule has 5 aromatic rings. The van der Waals surface area contributed by atoms with E-state index < -0.39 is 33.9 Å². The summed E-state index contributed by atoms with van der Waals surface area (Å²) in [6, 6.07) is 40.1. The largest absolute Gasteiger partial charge is 0.445 e. The maximum absolute atomic E-state index is 14.4. The maximum Gasteiger partial charge on any atom is 0.411 e. The molecule has 0 radical (unpaired) electrons. The van der Waals surface area contributed by atoms with E-state index in [1.807, 2.05) is 115 Å². The van der Waals surface area contributed by atoms with Crippen molar-refractivity contribution in [3.8, 4) is 0 Å². The number of fused-ring (bicyclic) bond motifs is 1. The summed E-state index contributed by atoms with van der Waals surface area (Å²) in [4.78, 5) is 31.4. The van der Waals surface area contributed by atoms with Gasteiger partial charge in [0, 0.05) is 13.0 Å². The van der Waals surface area contributed by atoms with Gasteiger partial charge in [0.05, 0.1) is 23.6 Å². The Morgan fingerprint density at radius 2 is 1.37 bits per heavy atom. The second kappa shape index (κ2) is 12.1. The Kier molecular flexibility index (Phi) is 7.80. The molecule has 2 aliphatic rings. The topological polar surface area (TPSA) is 93.2 Å². The zero-order chi connectivity index (χ0) is 31.7. The molecule has 7 rings (SSSR count). The average Bonchev–Trinajstić information content (AvgIpc) is 3.48. The van der Waals surface area contributed by atoms with Gasteiger partial charge in [-0.1, -0.05) is 121 Å². The number of rotatable bonds is 8. The minimum atomic E-state index is -4.24. The molecule has 2 amide bonds. The van der Waals surface area contributed by atoms with Crippen LogP contribution in [-0.2, 0) is 37.0 Å². The van der Waals surface area contributed by atoms with E-state index in [4.69, 9.17) is 8.92 Å². The van der Waals surface area contributed by atoms with Crippen LogP contribution in [0.2, 0.25) is 0 Å². The van der Waals surface area contributed by atoms with Crippen molar-refractivity contribution in [1.29, 1.82) is 0 Å². The molecular weight excluding hydrogens is 600 g/mol. The standard InChI is InChI=1S/C37H32N2O6S/c40-35-37(34(30-17-8-3-9-18-30)38(35)24-27-12-4-1-5-13-27)23-32(25-39(37)36(41)44-26-28-14-6-2-7-15-28)45-46(42,43)33-21-20-29-16-10-11-19-31(29)22-33/h1-22,32,34H,23-26H2/t32-,34+,37-/m1/s1. The molecule has 0 unspecified atom stereocenters. The van der Waals surface area contributed by atoms with Crippen LogP contribution in [0.5, 0.6) is 0 Å². The fourth-order valence-electron chi connectivity index (χ4n) is 6.72. The Bertz CT molecular complexity index is 1990. The third-order valence-electron chi connectivity index (χ3n) is 8.81. The van der Waals surface area contributed by atoms with Gasteiger partial charge in [-0.3, -0.25) is 13.9 Å². The van der Waals surface area contributed by atoms with Crippen molar-refractivity contribution in [2.24, 2.45) is 0 Å². The Morgan fingerprint density at radius 3 is 2.07 bits per heavy atom. The monoisotopic (exact) mass is 632 g/mol. The number of nitrogens with zero attached hydrogens (tertiary/aromatic N) is 2. The van der Waals surface area contributed by atoms with Crippen LogP contribution in [0.1, 0.15) is 29.2 Å². The van der Waals surface area contributed by atoms with Crippen molar-refractivity contribution < 1.29 is 26.9 Å². The zero-order valence-electron chi connectivity index (χ0n) is 24.9. The van der Waals surface area contributed by atoms with E-state index in [1.54, 1.807) is 17.0 Å². The van der Waals surface area contributed by atoms with Crippen molar-refractivity contribution in [3.05, 3.63) is 150 Å². The van der Waals surface area contributed by atoms with E-state index in [2.05, 4.69) is 0 Å². The molecule has 46 heavy (non-hydrogen) atoms. The zero-order valence-corrected chi connectivity index (χ0v) is 25.8. The van der Waals surface area contributed by atoms with Crippen LogP contribution >= 0.6 is 0 Å². The molecular formula is C37H32N2O6S. The molecule has 2 heterocycles. The van der Waals surface area contributed by atoms with Gasteiger partial charge in [-0.15, -0.1) is 0 Å². The molecule has 0 aromatic heterocycles. The molecule has 3 atom stereocenters. The van der Waals surface area contributed by atoms with Crippen LogP contribution in [-0.4, -0.2) is 48.4 Å². The lowest BCUT2D eigenvalue weighted by Crippen LogP contribution is -2.73. The van der Waals surface area contributed by atoms with Crippen molar-refractivity contribution in [1.82, 2.24) is 9.80 Å². The molecule has 2 saturated heterocycles. The number of amides is 2. The summed E-state index contributed by atoms with van der Waals surface area (Å²) in [6.45, 7) is 0.203. The van der Waals surface area contributed by atoms with Gasteiger partial charge in [0.25, 0.3) is 16.0 Å². The Balaban J connectivity index is 1.23. The molecule has 5 aromatic carbocycles. The van der Waals surface area contributed by atoms with E-state index in [-0.39, 0.29) is 30.4 Å². The summed E-state index contributed by atoms with van der Waals surface area (Å²) < 4.78 is 38.8. The summed E-state index contributed by atoms with van der Waals surface area (Å²) in [5.41, 5.74) is 1.17. The normalized spacial score (nSPS) is 21.0. The first-order valence-corrected chi connectivity index (χ1v) is 16.6. The SMILES string of the molecule is O=C(OCc1ccccc1)N1C[C@H](OS(=O)(=O)c2ccc3ccccc3c2)C[C@@]12C(=O)N(Cc1ccccc1)[C@H]2c1ccccc1. The molecule has 0 N–H and O–H groups in total. The fourth-order valence-corrected chi connectivity index (χ4v) is 7.82. The second-order valence-corrected chi connectivity index (χ2v) is 13.3. The molecule has 232 valence electrons. The van der Waals surface area contributed by atoms with Crippen molar-refractivity contribution in [2.75, 3.05) is 6.54 Å². The number of carbonyl (C=O) groups is 2.